The summed E-state index contributed by atoms with van der Waals surface area (Å²) in [5.41, 5.74) is 1.21. The molecule has 3 atom stereocenters. The Morgan fingerprint density at radius 2 is 2.38 bits per heavy atom. The first-order valence-corrected chi connectivity index (χ1v) is 6.36. The van der Waals surface area contributed by atoms with Gasteiger partial charge in [0.05, 0.1) is 5.69 Å². The van der Waals surface area contributed by atoms with Crippen molar-refractivity contribution in [2.45, 2.75) is 38.6 Å². The lowest BCUT2D eigenvalue weighted by atomic mass is 9.88. The molecule has 0 saturated heterocycles. The van der Waals surface area contributed by atoms with Gasteiger partial charge in [-0.1, -0.05) is 19.8 Å². The largest absolute Gasteiger partial charge is 0.316 e. The molecular weight excluding hydrogens is 198 g/mol. The number of nitrogens with one attached hydrogen (secondary N) is 1. The van der Waals surface area contributed by atoms with Gasteiger partial charge in [0.25, 0.3) is 0 Å². The van der Waals surface area contributed by atoms with Crippen LogP contribution in [0.2, 0.25) is 0 Å². The van der Waals surface area contributed by atoms with Crippen molar-refractivity contribution in [1.29, 1.82) is 0 Å². The average molecular weight is 221 g/mol. The summed E-state index contributed by atoms with van der Waals surface area (Å²) in [6, 6.07) is 2.72. The zero-order valence-corrected chi connectivity index (χ0v) is 10.6. The number of aromatic nitrogens is 2. The summed E-state index contributed by atoms with van der Waals surface area (Å²) in [5, 5.41) is 7.95. The zero-order valence-electron chi connectivity index (χ0n) is 10.6. The lowest BCUT2D eigenvalue weighted by Crippen LogP contribution is -2.37. The first-order chi connectivity index (χ1) is 7.70. The van der Waals surface area contributed by atoms with Gasteiger partial charge < -0.3 is 5.32 Å². The third kappa shape index (κ3) is 2.46. The first kappa shape index (κ1) is 11.6. The maximum Gasteiger partial charge on any atom is 0.0640 e. The van der Waals surface area contributed by atoms with Crippen molar-refractivity contribution in [3.8, 4) is 0 Å². The van der Waals surface area contributed by atoms with E-state index in [0.717, 1.165) is 18.3 Å². The van der Waals surface area contributed by atoms with E-state index < -0.39 is 0 Å². The SMILES string of the molecule is CNC(Cc1ccn(C)n1)C1CCCC1C. The van der Waals surface area contributed by atoms with Crippen LogP contribution >= 0.6 is 0 Å². The third-order valence-corrected chi connectivity index (χ3v) is 4.01. The van der Waals surface area contributed by atoms with Crippen LogP contribution in [0.5, 0.6) is 0 Å². The predicted molar refractivity (Wildman–Crippen MR) is 66.3 cm³/mol. The fourth-order valence-corrected chi connectivity index (χ4v) is 3.04. The Bertz CT molecular complexity index is 332. The van der Waals surface area contributed by atoms with Gasteiger partial charge in [0, 0.05) is 25.7 Å². The molecular formula is C13H23N3. The zero-order chi connectivity index (χ0) is 11.5. The summed E-state index contributed by atoms with van der Waals surface area (Å²) in [4.78, 5) is 0. The van der Waals surface area contributed by atoms with Crippen molar-refractivity contribution >= 4 is 0 Å². The highest BCUT2D eigenvalue weighted by atomic mass is 15.2. The smallest absolute Gasteiger partial charge is 0.0640 e. The first-order valence-electron chi connectivity index (χ1n) is 6.36. The molecule has 1 aliphatic carbocycles. The molecule has 16 heavy (non-hydrogen) atoms. The Morgan fingerprint density at radius 1 is 1.56 bits per heavy atom. The van der Waals surface area contributed by atoms with Crippen LogP contribution in [0, 0.1) is 11.8 Å². The number of rotatable bonds is 4. The Morgan fingerprint density at radius 3 is 2.88 bits per heavy atom. The van der Waals surface area contributed by atoms with E-state index in [1.54, 1.807) is 0 Å². The van der Waals surface area contributed by atoms with E-state index in [9.17, 15) is 0 Å². The minimum absolute atomic E-state index is 0.590. The molecule has 1 heterocycles. The van der Waals surface area contributed by atoms with Gasteiger partial charge in [-0.25, -0.2) is 0 Å². The Balaban J connectivity index is 2.00. The highest BCUT2D eigenvalue weighted by Gasteiger charge is 2.30. The third-order valence-electron chi connectivity index (χ3n) is 4.01. The van der Waals surface area contributed by atoms with E-state index in [-0.39, 0.29) is 0 Å². The van der Waals surface area contributed by atoms with Crippen LogP contribution in [0.25, 0.3) is 0 Å². The molecule has 0 bridgehead atoms. The van der Waals surface area contributed by atoms with Crippen molar-refractivity contribution < 1.29 is 0 Å². The Labute approximate surface area is 98.2 Å². The quantitative estimate of drug-likeness (QED) is 0.842. The van der Waals surface area contributed by atoms with E-state index in [1.165, 1.54) is 25.0 Å². The number of likely N-dealkylation sites (N-methyl/N-ethyl adjacent to an activating group) is 1. The van der Waals surface area contributed by atoms with E-state index in [1.807, 2.05) is 17.9 Å². The Hall–Kier alpha value is -0.830. The summed E-state index contributed by atoms with van der Waals surface area (Å²) in [6.07, 6.45) is 7.25. The van der Waals surface area contributed by atoms with Crippen LogP contribution in [0.4, 0.5) is 0 Å². The normalized spacial score (nSPS) is 27.2. The molecule has 1 N–H and O–H groups in total. The molecule has 1 aliphatic rings. The van der Waals surface area contributed by atoms with Gasteiger partial charge in [0.15, 0.2) is 0 Å². The number of aryl methyl sites for hydroxylation is 1. The van der Waals surface area contributed by atoms with E-state index in [0.29, 0.717) is 6.04 Å². The lowest BCUT2D eigenvalue weighted by Gasteiger charge is -2.26. The molecule has 3 heteroatoms. The van der Waals surface area contributed by atoms with Crippen molar-refractivity contribution in [3.63, 3.8) is 0 Å². The van der Waals surface area contributed by atoms with E-state index in [4.69, 9.17) is 0 Å². The molecule has 1 aromatic rings. The second kappa shape index (κ2) is 5.00. The molecule has 3 nitrogen and oxygen atoms in total. The van der Waals surface area contributed by atoms with Crippen LogP contribution < -0.4 is 5.32 Å². The maximum atomic E-state index is 4.47. The average Bonchev–Trinajstić information content (AvgIpc) is 2.84. The van der Waals surface area contributed by atoms with Crippen LogP contribution in [0.3, 0.4) is 0 Å². The monoisotopic (exact) mass is 221 g/mol. The number of hydrogen-bond donors (Lipinski definition) is 1. The molecule has 0 spiro atoms. The molecule has 1 saturated carbocycles. The highest BCUT2D eigenvalue weighted by molar-refractivity contribution is 5.03. The van der Waals surface area contributed by atoms with Gasteiger partial charge >= 0.3 is 0 Å². The van der Waals surface area contributed by atoms with E-state index in [2.05, 4.69) is 30.5 Å². The molecule has 0 amide bonds. The van der Waals surface area contributed by atoms with Crippen molar-refractivity contribution in [3.05, 3.63) is 18.0 Å². The Kier molecular flexibility index (Phi) is 3.64. The molecule has 0 radical (unpaired) electrons. The summed E-state index contributed by atoms with van der Waals surface area (Å²) in [5.74, 6) is 1.69. The second-order valence-electron chi connectivity index (χ2n) is 5.15. The fourth-order valence-electron chi connectivity index (χ4n) is 3.04. The molecule has 0 aliphatic heterocycles. The second-order valence-corrected chi connectivity index (χ2v) is 5.15. The lowest BCUT2D eigenvalue weighted by molar-refractivity contribution is 0.306. The molecule has 1 aromatic heterocycles. The molecule has 3 unspecified atom stereocenters. The minimum atomic E-state index is 0.590. The fraction of sp³-hybridized carbons (Fsp3) is 0.769. The topological polar surface area (TPSA) is 29.9 Å². The summed E-state index contributed by atoms with van der Waals surface area (Å²) in [6.45, 7) is 2.39. The molecule has 1 fully saturated rings. The van der Waals surface area contributed by atoms with Crippen LogP contribution in [0.1, 0.15) is 31.9 Å². The molecule has 90 valence electrons. The summed E-state index contributed by atoms with van der Waals surface area (Å²) >= 11 is 0. The van der Waals surface area contributed by atoms with Crippen molar-refractivity contribution in [1.82, 2.24) is 15.1 Å². The van der Waals surface area contributed by atoms with Crippen LogP contribution in [0.15, 0.2) is 12.3 Å². The highest BCUT2D eigenvalue weighted by Crippen LogP contribution is 2.34. The molecule has 0 aromatic carbocycles. The van der Waals surface area contributed by atoms with E-state index >= 15 is 0 Å². The maximum absolute atomic E-state index is 4.47. The van der Waals surface area contributed by atoms with Gasteiger partial charge in [0.2, 0.25) is 0 Å². The number of nitrogens with zero attached hydrogens (tertiary/aromatic N) is 2. The summed E-state index contributed by atoms with van der Waals surface area (Å²) < 4.78 is 1.89. The number of hydrogen-bond acceptors (Lipinski definition) is 2. The standard InChI is InChI=1S/C13H23N3/c1-10-5-4-6-12(10)13(14-2)9-11-7-8-16(3)15-11/h7-8,10,12-14H,4-6,9H2,1-3H3. The van der Waals surface area contributed by atoms with Gasteiger partial charge in [0.1, 0.15) is 0 Å². The van der Waals surface area contributed by atoms with Crippen LogP contribution in [-0.2, 0) is 13.5 Å². The van der Waals surface area contributed by atoms with Crippen molar-refractivity contribution in [2.75, 3.05) is 7.05 Å². The van der Waals surface area contributed by atoms with Gasteiger partial charge in [-0.05, 0) is 31.4 Å². The van der Waals surface area contributed by atoms with Crippen LogP contribution in [-0.4, -0.2) is 22.9 Å². The summed E-state index contributed by atoms with van der Waals surface area (Å²) in [7, 11) is 4.06. The predicted octanol–water partition coefficient (Wildman–Crippen LogP) is 1.99. The van der Waals surface area contributed by atoms with Gasteiger partial charge in [-0.2, -0.15) is 5.10 Å². The van der Waals surface area contributed by atoms with Gasteiger partial charge in [-0.15, -0.1) is 0 Å². The van der Waals surface area contributed by atoms with Gasteiger partial charge in [-0.3, -0.25) is 4.68 Å². The molecule has 2 rings (SSSR count). The minimum Gasteiger partial charge on any atom is -0.316 e. The van der Waals surface area contributed by atoms with Crippen molar-refractivity contribution in [2.24, 2.45) is 18.9 Å².